The minimum Gasteiger partial charge on any atom is -0.376 e. The van der Waals surface area contributed by atoms with Crippen LogP contribution in [0.2, 0.25) is 0 Å². The highest BCUT2D eigenvalue weighted by molar-refractivity contribution is 7.87. The second kappa shape index (κ2) is 8.19. The van der Waals surface area contributed by atoms with E-state index < -0.39 is 36.8 Å². The third-order valence-corrected chi connectivity index (χ3v) is 6.54. The molecule has 0 spiro atoms. The molecule has 0 saturated heterocycles. The quantitative estimate of drug-likeness (QED) is 0.272. The lowest BCUT2D eigenvalue weighted by Crippen LogP contribution is -3.59. The molecule has 1 aromatic carbocycles. The molecule has 0 aliphatic carbocycles. The van der Waals surface area contributed by atoms with Gasteiger partial charge >= 0.3 is 36.8 Å². The van der Waals surface area contributed by atoms with Crippen LogP contribution in [0.25, 0.3) is 0 Å². The largest absolute Gasteiger partial charge is 0.534 e. The van der Waals surface area contributed by atoms with Gasteiger partial charge in [-0.2, -0.15) is 21.6 Å². The van der Waals surface area contributed by atoms with Gasteiger partial charge in [0.2, 0.25) is 0 Å². The van der Waals surface area contributed by atoms with Crippen molar-refractivity contribution in [3.05, 3.63) is 43.2 Å². The Labute approximate surface area is 138 Å². The third-order valence-electron chi connectivity index (χ3n) is 2.65. The summed E-state index contributed by atoms with van der Waals surface area (Å²) in [6.45, 7) is 3.77. The first-order chi connectivity index (χ1) is 10.2. The van der Waals surface area contributed by atoms with Gasteiger partial charge in [-0.15, -0.1) is 0 Å². The fourth-order valence-electron chi connectivity index (χ4n) is 1.45. The number of allylic oxidation sites excluding steroid dienone is 1. The van der Waals surface area contributed by atoms with Crippen LogP contribution in [0.4, 0.5) is 13.2 Å². The average Bonchev–Trinajstić information content (AvgIpc) is 2.42. The van der Waals surface area contributed by atoms with E-state index in [2.05, 4.69) is 4.18 Å². The van der Waals surface area contributed by atoms with Crippen LogP contribution in [0.3, 0.4) is 0 Å². The molecule has 3 nitrogen and oxygen atoms in total. The highest BCUT2D eigenvalue weighted by Gasteiger charge is 2.49. The average molecular weight is 449 g/mol. The number of halogens is 4. The van der Waals surface area contributed by atoms with Crippen molar-refractivity contribution in [2.45, 2.75) is 38.6 Å². The van der Waals surface area contributed by atoms with Crippen LogP contribution in [-0.4, -0.2) is 13.9 Å². The number of hydrogen-bond donors (Lipinski definition) is 0. The third kappa shape index (κ3) is 5.79. The van der Waals surface area contributed by atoms with Gasteiger partial charge < -0.3 is 4.18 Å². The normalized spacial score (nSPS) is 13.2. The number of rotatable bonds is 7. The highest BCUT2D eigenvalue weighted by Crippen LogP contribution is 2.27. The molecule has 0 atom stereocenters. The van der Waals surface area contributed by atoms with E-state index in [1.807, 2.05) is 38.1 Å². The zero-order chi connectivity index (χ0) is 16.8. The van der Waals surface area contributed by atoms with Gasteiger partial charge in [-0.25, -0.2) is 0 Å². The predicted molar refractivity (Wildman–Crippen MR) is 73.5 cm³/mol. The number of alkyl halides is 3. The second-order valence-electron chi connectivity index (χ2n) is 4.52. The Kier molecular flexibility index (Phi) is 7.17. The van der Waals surface area contributed by atoms with Crippen LogP contribution in [0.5, 0.6) is 0 Å². The lowest BCUT2D eigenvalue weighted by Gasteiger charge is -2.10. The summed E-state index contributed by atoms with van der Waals surface area (Å²) in [5.41, 5.74) is -4.38. The molecule has 8 heteroatoms. The summed E-state index contributed by atoms with van der Waals surface area (Å²) in [4.78, 5) is 0. The van der Waals surface area contributed by atoms with Gasteiger partial charge in [0.1, 0.15) is 0 Å². The Morgan fingerprint density at radius 1 is 1.32 bits per heavy atom. The Hall–Kier alpha value is -0.770. The molecule has 0 fully saturated rings. The van der Waals surface area contributed by atoms with Crippen molar-refractivity contribution in [2.24, 2.45) is 0 Å². The van der Waals surface area contributed by atoms with Crippen LogP contribution in [0.1, 0.15) is 31.7 Å². The van der Waals surface area contributed by atoms with Gasteiger partial charge in [0.05, 0.1) is 0 Å². The van der Waals surface area contributed by atoms with Crippen LogP contribution in [0.15, 0.2) is 34.1 Å². The van der Waals surface area contributed by atoms with Crippen molar-refractivity contribution in [1.82, 2.24) is 0 Å². The van der Waals surface area contributed by atoms with Gasteiger partial charge in [-0.05, 0) is 19.4 Å². The molecule has 0 aromatic heterocycles. The zero-order valence-corrected chi connectivity index (χ0v) is 15.1. The summed E-state index contributed by atoms with van der Waals surface area (Å²) in [7, 11) is -5.59. The van der Waals surface area contributed by atoms with Crippen LogP contribution in [-0.2, 0) is 14.3 Å². The summed E-state index contributed by atoms with van der Waals surface area (Å²) in [6, 6.07) is 7.50. The second-order valence-corrected chi connectivity index (χ2v) is 8.47. The van der Waals surface area contributed by atoms with Crippen molar-refractivity contribution in [1.29, 1.82) is 0 Å². The van der Waals surface area contributed by atoms with E-state index in [-0.39, 0.29) is 12.2 Å². The maximum Gasteiger partial charge on any atom is 0.534 e. The lowest BCUT2D eigenvalue weighted by molar-refractivity contribution is -0.559. The Morgan fingerprint density at radius 3 is 2.50 bits per heavy atom. The topological polar surface area (TPSA) is 43.4 Å². The summed E-state index contributed by atoms with van der Waals surface area (Å²) in [6.07, 6.45) is 1.48. The van der Waals surface area contributed by atoms with Crippen molar-refractivity contribution in [2.75, 3.05) is 0 Å². The Bertz CT molecular complexity index is 624. The van der Waals surface area contributed by atoms with Gasteiger partial charge in [0.25, 0.3) is 0 Å². The maximum atomic E-state index is 12.4. The summed E-state index contributed by atoms with van der Waals surface area (Å²) >= 11 is -0.763. The Morgan fingerprint density at radius 2 is 1.95 bits per heavy atom. The number of unbranched alkanes of at least 4 members (excludes halogenated alkanes) is 1. The first-order valence-electron chi connectivity index (χ1n) is 6.56. The maximum absolute atomic E-state index is 12.4. The van der Waals surface area contributed by atoms with Crippen LogP contribution < -0.4 is 21.2 Å². The summed E-state index contributed by atoms with van der Waals surface area (Å²) < 4.78 is 66.3. The van der Waals surface area contributed by atoms with Gasteiger partial charge in [0, 0.05) is 12.0 Å². The molecule has 22 heavy (non-hydrogen) atoms. The number of hydrogen-bond acceptors (Lipinski definition) is 3. The van der Waals surface area contributed by atoms with E-state index in [0.717, 1.165) is 15.6 Å². The van der Waals surface area contributed by atoms with E-state index >= 15 is 0 Å². The minimum atomic E-state index is -5.59. The predicted octanol–water partition coefficient (Wildman–Crippen LogP) is 1.15. The molecular formula is C14H17F3IO3S+. The standard InChI is InChI=1S/C14H17F3IO3S/c1-3-4-8-12(21-22(19,20)14(15,16)17)10-18-13-9-6-5-7-11(13)2/h5-7,9-10H,3-4,8H2,1-2H3/q+1/b12-10+. The molecule has 0 amide bonds. The first kappa shape index (κ1) is 19.3. The first-order valence-corrected chi connectivity index (χ1v) is 10.3. The van der Waals surface area contributed by atoms with E-state index in [4.69, 9.17) is 0 Å². The van der Waals surface area contributed by atoms with Crippen molar-refractivity contribution in [3.8, 4) is 0 Å². The molecule has 0 heterocycles. The molecule has 0 radical (unpaired) electrons. The van der Waals surface area contributed by atoms with Crippen molar-refractivity contribution < 1.29 is 47.0 Å². The zero-order valence-electron chi connectivity index (χ0n) is 12.2. The number of benzene rings is 1. The van der Waals surface area contributed by atoms with Gasteiger partial charge in [-0.3, -0.25) is 0 Å². The SMILES string of the molecule is CCCC/C(=C\[I+]c1ccccc1C)OS(=O)(=O)C(F)(F)F. The highest BCUT2D eigenvalue weighted by atomic mass is 127. The van der Waals surface area contributed by atoms with E-state index in [0.29, 0.717) is 6.42 Å². The van der Waals surface area contributed by atoms with E-state index in [1.54, 1.807) is 0 Å². The number of aryl methyl sites for hydroxylation is 1. The van der Waals surface area contributed by atoms with Crippen LogP contribution in [0, 0.1) is 10.5 Å². The van der Waals surface area contributed by atoms with E-state index in [9.17, 15) is 21.6 Å². The smallest absolute Gasteiger partial charge is 0.376 e. The fourth-order valence-corrected chi connectivity index (χ4v) is 4.33. The van der Waals surface area contributed by atoms with Gasteiger partial charge in [-0.1, -0.05) is 31.5 Å². The van der Waals surface area contributed by atoms with E-state index in [1.165, 1.54) is 4.08 Å². The molecule has 124 valence electrons. The molecule has 0 aliphatic heterocycles. The summed E-state index contributed by atoms with van der Waals surface area (Å²) in [5, 5.41) is 0. The Balaban J connectivity index is 2.93. The van der Waals surface area contributed by atoms with Crippen molar-refractivity contribution in [3.63, 3.8) is 0 Å². The fraction of sp³-hybridized carbons (Fsp3) is 0.429. The van der Waals surface area contributed by atoms with Crippen molar-refractivity contribution >= 4 is 10.1 Å². The lowest BCUT2D eigenvalue weighted by atomic mass is 10.2. The van der Waals surface area contributed by atoms with Gasteiger partial charge in [0.15, 0.2) is 13.4 Å². The van der Waals surface area contributed by atoms with Crippen LogP contribution >= 0.6 is 0 Å². The molecule has 1 rings (SSSR count). The molecule has 0 N–H and O–H groups in total. The monoisotopic (exact) mass is 449 g/mol. The molecule has 1 aromatic rings. The molecule has 0 unspecified atom stereocenters. The molecule has 0 bridgehead atoms. The summed E-state index contributed by atoms with van der Waals surface area (Å²) in [5.74, 6) is -0.116. The molecule has 0 aliphatic rings. The molecular weight excluding hydrogens is 432 g/mol. The minimum absolute atomic E-state index is 0.116. The molecule has 0 saturated carbocycles.